The fourth-order valence-electron chi connectivity index (χ4n) is 3.64. The molecule has 4 aromatic rings. The Morgan fingerprint density at radius 1 is 1.03 bits per heavy atom. The molecule has 4 rings (SSSR count). The molecule has 11 heteroatoms. The SMILES string of the molecule is COc1ccccc1NC(=O)c1cc2ccccc2c(N=Nc2ccc(S(=O)(=O)O)c(C)c2Cl)c1O. The third kappa shape index (κ3) is 4.87. The zero-order valence-electron chi connectivity index (χ0n) is 19.1. The van der Waals surface area contributed by atoms with Gasteiger partial charge in [-0.25, -0.2) is 0 Å². The summed E-state index contributed by atoms with van der Waals surface area (Å²) in [6.07, 6.45) is 0. The van der Waals surface area contributed by atoms with E-state index in [9.17, 15) is 22.9 Å². The van der Waals surface area contributed by atoms with Crippen LogP contribution in [0.25, 0.3) is 10.8 Å². The second-order valence-electron chi connectivity index (χ2n) is 7.69. The fraction of sp³-hybridized carbons (Fsp3) is 0.0800. The minimum absolute atomic E-state index is 0.0193. The van der Waals surface area contributed by atoms with Crippen LogP contribution in [0, 0.1) is 6.92 Å². The normalized spacial score (nSPS) is 11.7. The van der Waals surface area contributed by atoms with Gasteiger partial charge >= 0.3 is 0 Å². The monoisotopic (exact) mass is 525 g/mol. The Balaban J connectivity index is 1.80. The fourth-order valence-corrected chi connectivity index (χ4v) is 4.63. The molecule has 0 aliphatic carbocycles. The molecule has 0 unspecified atom stereocenters. The molecule has 0 heterocycles. The van der Waals surface area contributed by atoms with Crippen LogP contribution in [-0.4, -0.2) is 31.1 Å². The number of azo groups is 1. The van der Waals surface area contributed by atoms with Crippen molar-refractivity contribution in [3.63, 3.8) is 0 Å². The number of aromatic hydroxyl groups is 1. The Bertz CT molecular complexity index is 1640. The molecular formula is C25H20ClN3O6S. The maximum absolute atomic E-state index is 13.1. The number of carbonyl (C=O) groups excluding carboxylic acids is 1. The quantitative estimate of drug-likeness (QED) is 0.196. The maximum atomic E-state index is 13.1. The molecule has 0 bridgehead atoms. The summed E-state index contributed by atoms with van der Waals surface area (Å²) < 4.78 is 37.7. The summed E-state index contributed by atoms with van der Waals surface area (Å²) >= 11 is 6.26. The van der Waals surface area contributed by atoms with Crippen LogP contribution < -0.4 is 10.1 Å². The van der Waals surface area contributed by atoms with Crippen molar-refractivity contribution in [1.29, 1.82) is 0 Å². The number of rotatable bonds is 6. The van der Waals surface area contributed by atoms with Crippen molar-refractivity contribution in [2.24, 2.45) is 10.2 Å². The molecule has 0 radical (unpaired) electrons. The topological polar surface area (TPSA) is 138 Å². The van der Waals surface area contributed by atoms with Crippen LogP contribution in [0.1, 0.15) is 15.9 Å². The van der Waals surface area contributed by atoms with Crippen LogP contribution in [0.3, 0.4) is 0 Å². The van der Waals surface area contributed by atoms with Crippen molar-refractivity contribution in [2.75, 3.05) is 12.4 Å². The van der Waals surface area contributed by atoms with Gasteiger partial charge in [0.15, 0.2) is 5.75 Å². The first-order valence-corrected chi connectivity index (χ1v) is 12.3. The number of phenolic OH excluding ortho intramolecular Hbond substituents is 1. The molecule has 0 aromatic heterocycles. The van der Waals surface area contributed by atoms with E-state index in [-0.39, 0.29) is 32.4 Å². The summed E-state index contributed by atoms with van der Waals surface area (Å²) in [6, 6.07) is 17.8. The Kier molecular flexibility index (Phi) is 6.93. The number of carbonyl (C=O) groups is 1. The van der Waals surface area contributed by atoms with Gasteiger partial charge in [-0.1, -0.05) is 48.0 Å². The largest absolute Gasteiger partial charge is 0.505 e. The van der Waals surface area contributed by atoms with Crippen LogP contribution in [-0.2, 0) is 10.1 Å². The van der Waals surface area contributed by atoms with Crippen LogP contribution in [0.15, 0.2) is 81.9 Å². The Labute approximate surface area is 211 Å². The number of hydrogen-bond acceptors (Lipinski definition) is 7. The van der Waals surface area contributed by atoms with Crippen molar-refractivity contribution >= 4 is 55.5 Å². The molecule has 0 fully saturated rings. The minimum Gasteiger partial charge on any atom is -0.505 e. The number of amides is 1. The van der Waals surface area contributed by atoms with Gasteiger partial charge in [0, 0.05) is 5.39 Å². The van der Waals surface area contributed by atoms with Crippen LogP contribution in [0.4, 0.5) is 17.1 Å². The molecule has 0 atom stereocenters. The van der Waals surface area contributed by atoms with Gasteiger partial charge in [0.1, 0.15) is 17.1 Å². The first-order chi connectivity index (χ1) is 17.1. The lowest BCUT2D eigenvalue weighted by atomic mass is 10.0. The van der Waals surface area contributed by atoms with Gasteiger partial charge < -0.3 is 15.2 Å². The minimum atomic E-state index is -4.47. The lowest BCUT2D eigenvalue weighted by molar-refractivity contribution is 0.102. The first kappa shape index (κ1) is 25.1. The number of anilines is 1. The number of benzene rings is 4. The highest BCUT2D eigenvalue weighted by Gasteiger charge is 2.21. The molecule has 184 valence electrons. The molecule has 9 nitrogen and oxygen atoms in total. The molecule has 0 aliphatic heterocycles. The summed E-state index contributed by atoms with van der Waals surface area (Å²) in [5.74, 6) is -0.553. The number of fused-ring (bicyclic) bond motifs is 1. The average molecular weight is 526 g/mol. The highest BCUT2D eigenvalue weighted by atomic mass is 35.5. The molecule has 0 saturated carbocycles. The van der Waals surface area contributed by atoms with Crippen molar-refractivity contribution in [3.8, 4) is 11.5 Å². The predicted molar refractivity (Wildman–Crippen MR) is 137 cm³/mol. The van der Waals surface area contributed by atoms with Gasteiger partial charge in [-0.05, 0) is 48.2 Å². The summed E-state index contributed by atoms with van der Waals surface area (Å²) in [4.78, 5) is 12.8. The predicted octanol–water partition coefficient (Wildman–Crippen LogP) is 6.43. The number of nitrogens with zero attached hydrogens (tertiary/aromatic N) is 2. The van der Waals surface area contributed by atoms with Crippen LogP contribution >= 0.6 is 11.6 Å². The van der Waals surface area contributed by atoms with E-state index in [1.807, 2.05) is 0 Å². The molecule has 0 aliphatic rings. The number of phenols is 1. The molecule has 0 spiro atoms. The van der Waals surface area contributed by atoms with E-state index in [0.717, 1.165) is 6.07 Å². The van der Waals surface area contributed by atoms with Crippen molar-refractivity contribution in [2.45, 2.75) is 11.8 Å². The number of para-hydroxylation sites is 2. The summed E-state index contributed by atoms with van der Waals surface area (Å²) in [5.41, 5.74) is 0.592. The average Bonchev–Trinajstić information content (AvgIpc) is 2.85. The number of nitrogens with one attached hydrogen (secondary N) is 1. The Morgan fingerprint density at radius 2 is 1.72 bits per heavy atom. The van der Waals surface area contributed by atoms with E-state index >= 15 is 0 Å². The zero-order chi connectivity index (χ0) is 26.0. The van der Waals surface area contributed by atoms with Crippen molar-refractivity contribution < 1.29 is 27.6 Å². The zero-order valence-corrected chi connectivity index (χ0v) is 20.6. The molecule has 4 aromatic carbocycles. The third-order valence-electron chi connectivity index (χ3n) is 5.45. The summed E-state index contributed by atoms with van der Waals surface area (Å²) in [6.45, 7) is 1.42. The van der Waals surface area contributed by atoms with Crippen molar-refractivity contribution in [3.05, 3.63) is 82.9 Å². The molecule has 3 N–H and O–H groups in total. The van der Waals surface area contributed by atoms with E-state index in [1.165, 1.54) is 26.2 Å². The number of ether oxygens (including phenoxy) is 1. The van der Waals surface area contributed by atoms with E-state index in [2.05, 4.69) is 15.5 Å². The second kappa shape index (κ2) is 9.94. The lowest BCUT2D eigenvalue weighted by Crippen LogP contribution is -2.13. The Hall–Kier alpha value is -3.99. The summed E-state index contributed by atoms with van der Waals surface area (Å²) in [7, 11) is -2.99. The Morgan fingerprint density at radius 3 is 2.44 bits per heavy atom. The van der Waals surface area contributed by atoms with Gasteiger partial charge in [-0.3, -0.25) is 9.35 Å². The number of methoxy groups -OCH3 is 1. The molecule has 36 heavy (non-hydrogen) atoms. The second-order valence-corrected chi connectivity index (χ2v) is 9.46. The van der Waals surface area contributed by atoms with Gasteiger partial charge in [0.05, 0.1) is 28.3 Å². The standard InChI is InChI=1S/C25H20ClN3O6S/c1-14-21(36(32,33)34)12-11-19(22(14)26)28-29-23-16-8-4-3-7-15(16)13-17(24(23)30)25(31)27-18-9-5-6-10-20(18)35-2/h3-13,30H,1-2H3,(H,27,31)(H,32,33,34). The first-order valence-electron chi connectivity index (χ1n) is 10.5. The maximum Gasteiger partial charge on any atom is 0.294 e. The van der Waals surface area contributed by atoms with Gasteiger partial charge in [-0.15, -0.1) is 10.2 Å². The molecular weight excluding hydrogens is 506 g/mol. The third-order valence-corrected chi connectivity index (χ3v) is 6.92. The van der Waals surface area contributed by atoms with E-state index in [4.69, 9.17) is 16.3 Å². The van der Waals surface area contributed by atoms with Gasteiger partial charge in [0.2, 0.25) is 0 Å². The number of halogens is 1. The highest BCUT2D eigenvalue weighted by molar-refractivity contribution is 7.85. The van der Waals surface area contributed by atoms with Crippen molar-refractivity contribution in [1.82, 2.24) is 0 Å². The lowest BCUT2D eigenvalue weighted by Gasteiger charge is -2.13. The smallest absolute Gasteiger partial charge is 0.294 e. The van der Waals surface area contributed by atoms with Crippen LogP contribution in [0.5, 0.6) is 11.5 Å². The summed E-state index contributed by atoms with van der Waals surface area (Å²) in [5, 5.41) is 23.1. The van der Waals surface area contributed by atoms with Gasteiger partial charge in [0.25, 0.3) is 16.0 Å². The van der Waals surface area contributed by atoms with E-state index in [0.29, 0.717) is 22.2 Å². The highest BCUT2D eigenvalue weighted by Crippen LogP contribution is 2.41. The van der Waals surface area contributed by atoms with E-state index in [1.54, 1.807) is 48.5 Å². The molecule has 0 saturated heterocycles. The van der Waals surface area contributed by atoms with E-state index < -0.39 is 21.8 Å². The number of hydrogen-bond donors (Lipinski definition) is 3. The van der Waals surface area contributed by atoms with Crippen LogP contribution in [0.2, 0.25) is 5.02 Å². The molecule has 1 amide bonds. The van der Waals surface area contributed by atoms with Gasteiger partial charge in [-0.2, -0.15) is 8.42 Å².